The van der Waals surface area contributed by atoms with Crippen molar-refractivity contribution in [1.82, 2.24) is 14.6 Å². The first kappa shape index (κ1) is 10.6. The van der Waals surface area contributed by atoms with E-state index in [9.17, 15) is 4.79 Å². The summed E-state index contributed by atoms with van der Waals surface area (Å²) in [5.74, 6) is -0.377. The summed E-state index contributed by atoms with van der Waals surface area (Å²) in [4.78, 5) is 16.0. The third-order valence-electron chi connectivity index (χ3n) is 2.28. The summed E-state index contributed by atoms with van der Waals surface area (Å²) < 4.78 is 6.51. The predicted octanol–water partition coefficient (Wildman–Crippen LogP) is 1.47. The standard InChI is InChI=1S/C11H13N3O2/c1-3-8-5-6-14-10(13-8)9(7-12-14)11(15)16-4-2/h5-7H,3-4H2,1-2H3. The van der Waals surface area contributed by atoms with E-state index in [-0.39, 0.29) is 5.97 Å². The largest absolute Gasteiger partial charge is 0.462 e. The van der Waals surface area contributed by atoms with Crippen molar-refractivity contribution < 1.29 is 9.53 Å². The molecular formula is C11H13N3O2. The number of carbonyl (C=O) groups is 1. The minimum atomic E-state index is -0.377. The minimum Gasteiger partial charge on any atom is -0.462 e. The minimum absolute atomic E-state index is 0.351. The van der Waals surface area contributed by atoms with Crippen LogP contribution in [0, 0.1) is 0 Å². The maximum atomic E-state index is 11.6. The average molecular weight is 219 g/mol. The fourth-order valence-electron chi connectivity index (χ4n) is 1.46. The number of nitrogens with zero attached hydrogens (tertiary/aromatic N) is 3. The Balaban J connectivity index is 2.49. The number of aryl methyl sites for hydroxylation is 1. The van der Waals surface area contributed by atoms with Crippen molar-refractivity contribution in [2.24, 2.45) is 0 Å². The third kappa shape index (κ3) is 1.76. The third-order valence-corrected chi connectivity index (χ3v) is 2.28. The van der Waals surface area contributed by atoms with Crippen molar-refractivity contribution in [2.45, 2.75) is 20.3 Å². The first-order chi connectivity index (χ1) is 7.76. The molecule has 16 heavy (non-hydrogen) atoms. The van der Waals surface area contributed by atoms with Gasteiger partial charge in [0.05, 0.1) is 12.8 Å². The zero-order valence-corrected chi connectivity index (χ0v) is 9.30. The van der Waals surface area contributed by atoms with Gasteiger partial charge in [-0.15, -0.1) is 0 Å². The molecule has 2 heterocycles. The van der Waals surface area contributed by atoms with E-state index in [1.54, 1.807) is 17.6 Å². The second kappa shape index (κ2) is 4.30. The van der Waals surface area contributed by atoms with Gasteiger partial charge in [-0.3, -0.25) is 0 Å². The Kier molecular flexibility index (Phi) is 2.85. The van der Waals surface area contributed by atoms with Gasteiger partial charge in [-0.2, -0.15) is 5.10 Å². The van der Waals surface area contributed by atoms with Crippen molar-refractivity contribution in [3.63, 3.8) is 0 Å². The Morgan fingerprint density at radius 1 is 1.50 bits per heavy atom. The number of fused-ring (bicyclic) bond motifs is 1. The number of ether oxygens (including phenoxy) is 1. The molecular weight excluding hydrogens is 206 g/mol. The van der Waals surface area contributed by atoms with Crippen LogP contribution in [0.1, 0.15) is 29.9 Å². The Bertz CT molecular complexity index is 519. The molecule has 2 rings (SSSR count). The molecule has 0 aromatic carbocycles. The summed E-state index contributed by atoms with van der Waals surface area (Å²) >= 11 is 0. The SMILES string of the molecule is CCOC(=O)c1cnn2ccc(CC)nc12. The van der Waals surface area contributed by atoms with Crippen LogP contribution in [-0.4, -0.2) is 27.2 Å². The maximum absolute atomic E-state index is 11.6. The Morgan fingerprint density at radius 2 is 2.31 bits per heavy atom. The summed E-state index contributed by atoms with van der Waals surface area (Å²) in [7, 11) is 0. The van der Waals surface area contributed by atoms with Gasteiger partial charge < -0.3 is 4.74 Å². The van der Waals surface area contributed by atoms with Crippen LogP contribution in [-0.2, 0) is 11.2 Å². The molecule has 0 bridgehead atoms. The fourth-order valence-corrected chi connectivity index (χ4v) is 1.46. The van der Waals surface area contributed by atoms with Crippen molar-refractivity contribution in [3.8, 4) is 0 Å². The molecule has 5 heteroatoms. The number of hydrogen-bond donors (Lipinski definition) is 0. The summed E-state index contributed by atoms with van der Waals surface area (Å²) in [6.45, 7) is 4.14. The summed E-state index contributed by atoms with van der Waals surface area (Å²) in [6.07, 6.45) is 4.10. The number of aromatic nitrogens is 3. The molecule has 0 spiro atoms. The predicted molar refractivity (Wildman–Crippen MR) is 58.3 cm³/mol. The van der Waals surface area contributed by atoms with Crippen LogP contribution >= 0.6 is 0 Å². The lowest BCUT2D eigenvalue weighted by atomic mass is 10.3. The summed E-state index contributed by atoms with van der Waals surface area (Å²) in [5, 5.41) is 4.05. The lowest BCUT2D eigenvalue weighted by molar-refractivity contribution is 0.0528. The molecule has 0 atom stereocenters. The molecule has 0 saturated heterocycles. The Labute approximate surface area is 93.1 Å². The van der Waals surface area contributed by atoms with Crippen LogP contribution in [0.3, 0.4) is 0 Å². The van der Waals surface area contributed by atoms with Crippen molar-refractivity contribution in [2.75, 3.05) is 6.61 Å². The van der Waals surface area contributed by atoms with E-state index >= 15 is 0 Å². The van der Waals surface area contributed by atoms with Crippen LogP contribution in [0.5, 0.6) is 0 Å². The van der Waals surface area contributed by atoms with Gasteiger partial charge in [-0.05, 0) is 19.4 Å². The molecule has 5 nitrogen and oxygen atoms in total. The first-order valence-electron chi connectivity index (χ1n) is 5.26. The zero-order valence-electron chi connectivity index (χ0n) is 9.30. The van der Waals surface area contributed by atoms with Gasteiger partial charge in [-0.1, -0.05) is 6.92 Å². The van der Waals surface area contributed by atoms with Gasteiger partial charge in [0.25, 0.3) is 0 Å². The molecule has 2 aromatic heterocycles. The van der Waals surface area contributed by atoms with Crippen LogP contribution in [0.25, 0.3) is 5.65 Å². The smallest absolute Gasteiger partial charge is 0.343 e. The van der Waals surface area contributed by atoms with E-state index < -0.39 is 0 Å². The van der Waals surface area contributed by atoms with Crippen LogP contribution in [0.4, 0.5) is 0 Å². The number of esters is 1. The first-order valence-corrected chi connectivity index (χ1v) is 5.26. The fraction of sp³-hybridized carbons (Fsp3) is 0.364. The molecule has 0 aliphatic heterocycles. The van der Waals surface area contributed by atoms with E-state index in [4.69, 9.17) is 4.74 Å². The second-order valence-electron chi connectivity index (χ2n) is 3.32. The molecule has 0 fully saturated rings. The highest BCUT2D eigenvalue weighted by Crippen LogP contribution is 2.10. The highest BCUT2D eigenvalue weighted by Gasteiger charge is 2.14. The van der Waals surface area contributed by atoms with Gasteiger partial charge in [0, 0.05) is 11.9 Å². The Morgan fingerprint density at radius 3 is 3.00 bits per heavy atom. The van der Waals surface area contributed by atoms with Crippen LogP contribution < -0.4 is 0 Å². The molecule has 0 unspecified atom stereocenters. The van der Waals surface area contributed by atoms with Gasteiger partial charge in [0.2, 0.25) is 0 Å². The van der Waals surface area contributed by atoms with Crippen LogP contribution in [0.15, 0.2) is 18.5 Å². The molecule has 0 amide bonds. The Hall–Kier alpha value is -1.91. The molecule has 2 aromatic rings. The van der Waals surface area contributed by atoms with Crippen LogP contribution in [0.2, 0.25) is 0 Å². The van der Waals surface area contributed by atoms with Gasteiger partial charge in [0.1, 0.15) is 5.56 Å². The molecule has 0 aliphatic carbocycles. The maximum Gasteiger partial charge on any atom is 0.343 e. The molecule has 0 N–H and O–H groups in total. The lowest BCUT2D eigenvalue weighted by Gasteiger charge is -2.00. The van der Waals surface area contributed by atoms with Gasteiger partial charge in [-0.25, -0.2) is 14.3 Å². The summed E-state index contributed by atoms with van der Waals surface area (Å²) in [6, 6.07) is 1.88. The number of hydrogen-bond acceptors (Lipinski definition) is 4. The van der Waals surface area contributed by atoms with Crippen molar-refractivity contribution in [3.05, 3.63) is 29.7 Å². The highest BCUT2D eigenvalue weighted by atomic mass is 16.5. The van der Waals surface area contributed by atoms with E-state index in [0.717, 1.165) is 12.1 Å². The lowest BCUT2D eigenvalue weighted by Crippen LogP contribution is -2.05. The van der Waals surface area contributed by atoms with Gasteiger partial charge >= 0.3 is 5.97 Å². The topological polar surface area (TPSA) is 56.5 Å². The average Bonchev–Trinajstić information content (AvgIpc) is 2.71. The van der Waals surface area contributed by atoms with Crippen molar-refractivity contribution in [1.29, 1.82) is 0 Å². The number of carbonyl (C=O) groups excluding carboxylic acids is 1. The van der Waals surface area contributed by atoms with E-state index in [2.05, 4.69) is 10.1 Å². The van der Waals surface area contributed by atoms with E-state index in [1.165, 1.54) is 6.20 Å². The van der Waals surface area contributed by atoms with E-state index in [0.29, 0.717) is 17.8 Å². The molecule has 0 radical (unpaired) electrons. The zero-order chi connectivity index (χ0) is 11.5. The van der Waals surface area contributed by atoms with E-state index in [1.807, 2.05) is 13.0 Å². The number of rotatable bonds is 3. The monoisotopic (exact) mass is 219 g/mol. The van der Waals surface area contributed by atoms with Crippen molar-refractivity contribution >= 4 is 11.6 Å². The highest BCUT2D eigenvalue weighted by molar-refractivity contribution is 5.95. The second-order valence-corrected chi connectivity index (χ2v) is 3.32. The normalized spacial score (nSPS) is 10.6. The summed E-state index contributed by atoms with van der Waals surface area (Å²) in [5.41, 5.74) is 1.90. The molecule has 0 saturated carbocycles. The van der Waals surface area contributed by atoms with Gasteiger partial charge in [0.15, 0.2) is 5.65 Å². The molecule has 84 valence electrons. The molecule has 0 aliphatic rings. The quantitative estimate of drug-likeness (QED) is 0.733.